The zero-order valence-electron chi connectivity index (χ0n) is 16.2. The molecule has 1 aromatic rings. The summed E-state index contributed by atoms with van der Waals surface area (Å²) in [7, 11) is 1.40. The highest BCUT2D eigenvalue weighted by molar-refractivity contribution is 5.80. The van der Waals surface area contributed by atoms with Crippen LogP contribution in [0, 0.1) is 5.82 Å². The molecule has 0 radical (unpaired) electrons. The monoisotopic (exact) mass is 380 g/mol. The minimum absolute atomic E-state index is 0.228. The van der Waals surface area contributed by atoms with Gasteiger partial charge in [0.25, 0.3) is 0 Å². The van der Waals surface area contributed by atoms with E-state index in [1.807, 2.05) is 13.8 Å². The van der Waals surface area contributed by atoms with E-state index in [-0.39, 0.29) is 29.8 Å². The molecule has 7 nitrogen and oxygen atoms in total. The van der Waals surface area contributed by atoms with Crippen LogP contribution in [0.5, 0.6) is 5.75 Å². The maximum Gasteiger partial charge on any atom is 0.409 e. The van der Waals surface area contributed by atoms with Gasteiger partial charge in [-0.05, 0) is 38.8 Å². The zero-order chi connectivity index (χ0) is 19.6. The van der Waals surface area contributed by atoms with Gasteiger partial charge in [0.1, 0.15) is 6.10 Å². The Bertz CT molecular complexity index is 633. The molecule has 0 saturated carbocycles. The molecule has 0 aliphatic carbocycles. The van der Waals surface area contributed by atoms with Crippen molar-refractivity contribution in [2.75, 3.05) is 33.3 Å². The molecular formula is C19H29FN4O3. The molecular weight excluding hydrogens is 351 g/mol. The number of para-hydroxylation sites is 1. The molecule has 8 heteroatoms. The number of carbonyl (C=O) groups is 1. The summed E-state index contributed by atoms with van der Waals surface area (Å²) in [4.78, 5) is 17.8. The van der Waals surface area contributed by atoms with E-state index in [0.717, 1.165) is 19.4 Å². The molecule has 1 aliphatic rings. The van der Waals surface area contributed by atoms with Crippen LogP contribution in [0.2, 0.25) is 0 Å². The summed E-state index contributed by atoms with van der Waals surface area (Å²) in [5, 5.41) is 6.61. The predicted octanol–water partition coefficient (Wildman–Crippen LogP) is 2.38. The number of nitrogens with zero attached hydrogens (tertiary/aromatic N) is 2. The van der Waals surface area contributed by atoms with Crippen molar-refractivity contribution < 1.29 is 18.7 Å². The lowest BCUT2D eigenvalue weighted by Crippen LogP contribution is -2.50. The Balaban J connectivity index is 1.85. The highest BCUT2D eigenvalue weighted by atomic mass is 19.1. The lowest BCUT2D eigenvalue weighted by molar-refractivity contribution is 0.111. The quantitative estimate of drug-likeness (QED) is 0.585. The first-order valence-electron chi connectivity index (χ1n) is 9.32. The fourth-order valence-corrected chi connectivity index (χ4v) is 2.86. The Morgan fingerprint density at radius 2 is 2.07 bits per heavy atom. The van der Waals surface area contributed by atoms with Crippen molar-refractivity contribution >= 4 is 12.1 Å². The smallest absolute Gasteiger partial charge is 0.409 e. The zero-order valence-corrected chi connectivity index (χ0v) is 16.2. The summed E-state index contributed by atoms with van der Waals surface area (Å²) in [6, 6.07) is 6.57. The summed E-state index contributed by atoms with van der Waals surface area (Å²) in [5.41, 5.74) is 0. The van der Waals surface area contributed by atoms with E-state index in [1.165, 1.54) is 13.2 Å². The van der Waals surface area contributed by atoms with Crippen molar-refractivity contribution in [3.63, 3.8) is 0 Å². The third-order valence-corrected chi connectivity index (χ3v) is 4.28. The van der Waals surface area contributed by atoms with Crippen LogP contribution in [0.15, 0.2) is 29.3 Å². The second-order valence-electron chi connectivity index (χ2n) is 6.45. The van der Waals surface area contributed by atoms with Gasteiger partial charge in [0.15, 0.2) is 17.5 Å². The van der Waals surface area contributed by atoms with Crippen LogP contribution in [0.4, 0.5) is 9.18 Å². The number of amides is 1. The highest BCUT2D eigenvalue weighted by Crippen LogP contribution is 2.17. The molecule has 0 bridgehead atoms. The number of nitrogens with one attached hydrogen (secondary N) is 2. The predicted molar refractivity (Wildman–Crippen MR) is 103 cm³/mol. The average molecular weight is 380 g/mol. The van der Waals surface area contributed by atoms with E-state index < -0.39 is 0 Å². The van der Waals surface area contributed by atoms with E-state index in [2.05, 4.69) is 15.6 Å². The van der Waals surface area contributed by atoms with E-state index >= 15 is 0 Å². The molecule has 1 fully saturated rings. The number of ether oxygens (including phenoxy) is 2. The lowest BCUT2D eigenvalue weighted by Gasteiger charge is -2.32. The fraction of sp³-hybridized carbons (Fsp3) is 0.579. The van der Waals surface area contributed by atoms with Crippen molar-refractivity contribution in [3.8, 4) is 5.75 Å². The van der Waals surface area contributed by atoms with Crippen LogP contribution in [0.25, 0.3) is 0 Å². The van der Waals surface area contributed by atoms with Crippen molar-refractivity contribution in [3.05, 3.63) is 30.1 Å². The standard InChI is InChI=1S/C19H29FN4O3/c1-4-21-18(23-15-9-11-24(12-10-15)19(25)26-3)22-13-14(2)27-17-8-6-5-7-16(17)20/h5-8,14-15H,4,9-13H2,1-3H3,(H2,21,22,23). The van der Waals surface area contributed by atoms with Gasteiger partial charge in [-0.2, -0.15) is 0 Å². The van der Waals surface area contributed by atoms with Crippen molar-refractivity contribution in [2.45, 2.75) is 38.8 Å². The summed E-state index contributed by atoms with van der Waals surface area (Å²) in [6.45, 7) is 6.28. The number of likely N-dealkylation sites (tertiary alicyclic amines) is 1. The Hall–Kier alpha value is -2.51. The molecule has 2 N–H and O–H groups in total. The summed E-state index contributed by atoms with van der Waals surface area (Å²) >= 11 is 0. The first-order valence-corrected chi connectivity index (χ1v) is 9.32. The van der Waals surface area contributed by atoms with Gasteiger partial charge in [-0.3, -0.25) is 0 Å². The summed E-state index contributed by atoms with van der Waals surface area (Å²) in [5.74, 6) is 0.544. The Kier molecular flexibility index (Phi) is 8.16. The highest BCUT2D eigenvalue weighted by Gasteiger charge is 2.23. The molecule has 1 saturated heterocycles. The van der Waals surface area contributed by atoms with E-state index in [9.17, 15) is 9.18 Å². The third kappa shape index (κ3) is 6.62. The number of methoxy groups -OCH3 is 1. The first-order chi connectivity index (χ1) is 13.0. The minimum Gasteiger partial charge on any atom is -0.486 e. The molecule has 1 heterocycles. The van der Waals surface area contributed by atoms with Crippen molar-refractivity contribution in [1.29, 1.82) is 0 Å². The largest absolute Gasteiger partial charge is 0.486 e. The molecule has 27 heavy (non-hydrogen) atoms. The fourth-order valence-electron chi connectivity index (χ4n) is 2.86. The summed E-state index contributed by atoms with van der Waals surface area (Å²) < 4.78 is 24.0. The topological polar surface area (TPSA) is 75.2 Å². The van der Waals surface area contributed by atoms with Crippen LogP contribution in [0.1, 0.15) is 26.7 Å². The van der Waals surface area contributed by atoms with Crippen LogP contribution >= 0.6 is 0 Å². The Morgan fingerprint density at radius 1 is 1.37 bits per heavy atom. The SMILES string of the molecule is CCNC(=NCC(C)Oc1ccccc1F)NC1CCN(C(=O)OC)CC1. The van der Waals surface area contributed by atoms with Gasteiger partial charge in [-0.15, -0.1) is 0 Å². The number of piperidine rings is 1. The van der Waals surface area contributed by atoms with Crippen LogP contribution in [-0.2, 0) is 4.74 Å². The molecule has 2 rings (SSSR count). The number of aliphatic imine (C=N–C) groups is 1. The van der Waals surface area contributed by atoms with Crippen LogP contribution in [-0.4, -0.2) is 62.4 Å². The van der Waals surface area contributed by atoms with Gasteiger partial charge >= 0.3 is 6.09 Å². The number of guanidine groups is 1. The second-order valence-corrected chi connectivity index (χ2v) is 6.45. The van der Waals surface area contributed by atoms with Crippen LogP contribution < -0.4 is 15.4 Å². The van der Waals surface area contributed by atoms with Crippen molar-refractivity contribution in [2.24, 2.45) is 4.99 Å². The van der Waals surface area contributed by atoms with E-state index in [1.54, 1.807) is 23.1 Å². The molecule has 1 atom stereocenters. The maximum absolute atomic E-state index is 13.7. The van der Waals surface area contributed by atoms with Gasteiger partial charge in [0, 0.05) is 25.7 Å². The molecule has 150 valence electrons. The number of halogens is 1. The molecule has 1 unspecified atom stereocenters. The van der Waals surface area contributed by atoms with Crippen molar-refractivity contribution in [1.82, 2.24) is 15.5 Å². The normalized spacial score (nSPS) is 16.6. The number of rotatable bonds is 6. The van der Waals surface area contributed by atoms with E-state index in [4.69, 9.17) is 9.47 Å². The van der Waals surface area contributed by atoms with Gasteiger partial charge in [0.05, 0.1) is 13.7 Å². The molecule has 0 spiro atoms. The van der Waals surface area contributed by atoms with Gasteiger partial charge < -0.3 is 25.0 Å². The maximum atomic E-state index is 13.7. The molecule has 1 amide bonds. The van der Waals surface area contributed by atoms with Gasteiger partial charge in [-0.1, -0.05) is 12.1 Å². The number of carbonyl (C=O) groups excluding carboxylic acids is 1. The van der Waals surface area contributed by atoms with Gasteiger partial charge in [0.2, 0.25) is 0 Å². The number of hydrogen-bond donors (Lipinski definition) is 2. The summed E-state index contributed by atoms with van der Waals surface area (Å²) in [6.07, 6.45) is 1.09. The van der Waals surface area contributed by atoms with Gasteiger partial charge in [-0.25, -0.2) is 14.2 Å². The minimum atomic E-state index is -0.379. The molecule has 1 aliphatic heterocycles. The third-order valence-electron chi connectivity index (χ3n) is 4.28. The number of benzene rings is 1. The van der Waals surface area contributed by atoms with Crippen LogP contribution in [0.3, 0.4) is 0 Å². The average Bonchev–Trinajstić information content (AvgIpc) is 2.68. The molecule has 1 aromatic carbocycles. The first kappa shape index (κ1) is 20.8. The number of hydrogen-bond acceptors (Lipinski definition) is 4. The Morgan fingerprint density at radius 3 is 2.70 bits per heavy atom. The Labute approximate surface area is 159 Å². The molecule has 0 aromatic heterocycles. The van der Waals surface area contributed by atoms with E-state index in [0.29, 0.717) is 25.6 Å². The second kappa shape index (κ2) is 10.6. The lowest BCUT2D eigenvalue weighted by atomic mass is 10.1.